The summed E-state index contributed by atoms with van der Waals surface area (Å²) in [6.45, 7) is 3.47. The van der Waals surface area contributed by atoms with Gasteiger partial charge < -0.3 is 41.7 Å². The van der Waals surface area contributed by atoms with Gasteiger partial charge in [-0.25, -0.2) is 9.78 Å². The molecule has 0 saturated carbocycles. The van der Waals surface area contributed by atoms with Crippen LogP contribution in [0, 0.1) is 5.92 Å². The second-order valence-corrected chi connectivity index (χ2v) is 11.7. The average molecular weight is 627 g/mol. The van der Waals surface area contributed by atoms with E-state index in [0.717, 1.165) is 32.9 Å². The zero-order valence-corrected chi connectivity index (χ0v) is 25.5. The Morgan fingerprint density at radius 3 is 1.91 bits per heavy atom. The van der Waals surface area contributed by atoms with Crippen LogP contribution in [0.15, 0.2) is 73.4 Å². The number of carbonyl (C=O) groups excluding carboxylic acids is 3. The number of hydrogen-bond donors (Lipinski definition) is 8. The number of nitrogens with zero attached hydrogens (tertiary/aromatic N) is 1. The number of carboxylic acids is 1. The minimum absolute atomic E-state index is 0.0204. The van der Waals surface area contributed by atoms with E-state index in [0.29, 0.717) is 5.69 Å². The average Bonchev–Trinajstić information content (AvgIpc) is 3.80. The first-order valence-corrected chi connectivity index (χ1v) is 15.1. The summed E-state index contributed by atoms with van der Waals surface area (Å²) in [7, 11) is 0. The van der Waals surface area contributed by atoms with E-state index >= 15 is 0 Å². The molecule has 0 radical (unpaired) electrons. The number of carboxylic acid groups (broad SMARTS) is 1. The topological polar surface area (TPSA) is 211 Å². The molecular formula is C33H38N8O5. The van der Waals surface area contributed by atoms with Crippen molar-refractivity contribution in [3.63, 3.8) is 0 Å². The van der Waals surface area contributed by atoms with Gasteiger partial charge in [0.15, 0.2) is 0 Å². The lowest BCUT2D eigenvalue weighted by atomic mass is 9.99. The van der Waals surface area contributed by atoms with E-state index in [4.69, 9.17) is 5.73 Å². The molecule has 5 rings (SSSR count). The number of aliphatic carboxylic acids is 1. The van der Waals surface area contributed by atoms with Crippen molar-refractivity contribution in [3.8, 4) is 0 Å². The molecule has 3 heterocycles. The van der Waals surface area contributed by atoms with Gasteiger partial charge in [-0.3, -0.25) is 14.4 Å². The van der Waals surface area contributed by atoms with Crippen molar-refractivity contribution in [2.75, 3.05) is 0 Å². The van der Waals surface area contributed by atoms with Crippen LogP contribution in [-0.2, 0) is 38.4 Å². The minimum atomic E-state index is -1.25. The molecule has 3 aromatic heterocycles. The van der Waals surface area contributed by atoms with Crippen molar-refractivity contribution >= 4 is 45.5 Å². The highest BCUT2D eigenvalue weighted by Crippen LogP contribution is 2.21. The number of amides is 3. The summed E-state index contributed by atoms with van der Waals surface area (Å²) >= 11 is 0. The van der Waals surface area contributed by atoms with Crippen LogP contribution in [0.4, 0.5) is 0 Å². The Labute approximate surface area is 264 Å². The Morgan fingerprint density at radius 1 is 0.761 bits per heavy atom. The molecule has 9 N–H and O–H groups in total. The van der Waals surface area contributed by atoms with Gasteiger partial charge in [0.05, 0.1) is 12.4 Å². The van der Waals surface area contributed by atoms with Gasteiger partial charge in [0.2, 0.25) is 17.7 Å². The Bertz CT molecular complexity index is 1830. The molecule has 5 aromatic rings. The summed E-state index contributed by atoms with van der Waals surface area (Å²) in [5.41, 5.74) is 10.3. The van der Waals surface area contributed by atoms with E-state index in [-0.39, 0.29) is 19.3 Å². The van der Waals surface area contributed by atoms with Crippen molar-refractivity contribution in [1.82, 2.24) is 35.9 Å². The molecular weight excluding hydrogens is 588 g/mol. The maximum atomic E-state index is 13.9. The molecule has 0 aliphatic carbocycles. The summed E-state index contributed by atoms with van der Waals surface area (Å²) in [5, 5.41) is 19.7. The lowest BCUT2D eigenvalue weighted by molar-refractivity contribution is -0.142. The fourth-order valence-corrected chi connectivity index (χ4v) is 5.51. The van der Waals surface area contributed by atoms with Crippen LogP contribution in [0.3, 0.4) is 0 Å². The van der Waals surface area contributed by atoms with E-state index in [1.54, 1.807) is 20.0 Å². The third-order valence-electron chi connectivity index (χ3n) is 8.02. The monoisotopic (exact) mass is 626 g/mol. The first-order valence-electron chi connectivity index (χ1n) is 15.1. The molecule has 13 nitrogen and oxygen atoms in total. The Hall–Kier alpha value is -5.43. The van der Waals surface area contributed by atoms with Gasteiger partial charge in [-0.15, -0.1) is 0 Å². The molecule has 2 aromatic carbocycles. The van der Waals surface area contributed by atoms with Crippen LogP contribution in [0.5, 0.6) is 0 Å². The molecule has 46 heavy (non-hydrogen) atoms. The second-order valence-electron chi connectivity index (χ2n) is 11.7. The van der Waals surface area contributed by atoms with E-state index in [1.165, 1.54) is 12.5 Å². The van der Waals surface area contributed by atoms with E-state index < -0.39 is 53.8 Å². The molecule has 0 bridgehead atoms. The SMILES string of the molecule is CC(C)C(NC(=O)C(Cc1c[nH]c2ccccc12)NC(=O)C(N)Cc1c[nH]c2ccccc12)C(=O)NC(Cc1cnc[nH]1)C(=O)O. The summed E-state index contributed by atoms with van der Waals surface area (Å²) in [5.74, 6) is -3.43. The summed E-state index contributed by atoms with van der Waals surface area (Å²) in [6.07, 6.45) is 6.83. The van der Waals surface area contributed by atoms with Crippen LogP contribution in [0.1, 0.15) is 30.7 Å². The fourth-order valence-electron chi connectivity index (χ4n) is 5.51. The van der Waals surface area contributed by atoms with Gasteiger partial charge in [0, 0.05) is 58.9 Å². The van der Waals surface area contributed by atoms with Gasteiger partial charge in [-0.1, -0.05) is 50.2 Å². The number of fused-ring (bicyclic) bond motifs is 2. The number of hydrogen-bond acceptors (Lipinski definition) is 6. The number of benzene rings is 2. The maximum absolute atomic E-state index is 13.9. The van der Waals surface area contributed by atoms with Crippen molar-refractivity contribution in [1.29, 1.82) is 0 Å². The normalized spacial score (nSPS) is 14.1. The van der Waals surface area contributed by atoms with Crippen LogP contribution >= 0.6 is 0 Å². The predicted octanol–water partition coefficient (Wildman–Crippen LogP) is 1.92. The summed E-state index contributed by atoms with van der Waals surface area (Å²) in [6, 6.07) is 10.9. The molecule has 4 unspecified atom stereocenters. The van der Waals surface area contributed by atoms with E-state index in [2.05, 4.69) is 35.9 Å². The lowest BCUT2D eigenvalue weighted by Gasteiger charge is -2.27. The number of aromatic amines is 3. The first kappa shape index (κ1) is 32.0. The fraction of sp³-hybridized carbons (Fsp3) is 0.303. The van der Waals surface area contributed by atoms with Crippen molar-refractivity contribution in [2.45, 2.75) is 57.3 Å². The molecule has 0 aliphatic heterocycles. The van der Waals surface area contributed by atoms with Crippen molar-refractivity contribution in [2.24, 2.45) is 11.7 Å². The number of rotatable bonds is 14. The zero-order valence-electron chi connectivity index (χ0n) is 25.5. The van der Waals surface area contributed by atoms with Crippen molar-refractivity contribution < 1.29 is 24.3 Å². The van der Waals surface area contributed by atoms with Crippen LogP contribution in [-0.4, -0.2) is 72.9 Å². The molecule has 4 atom stereocenters. The summed E-state index contributed by atoms with van der Waals surface area (Å²) < 4.78 is 0. The highest BCUT2D eigenvalue weighted by Gasteiger charge is 2.32. The van der Waals surface area contributed by atoms with E-state index in [9.17, 15) is 24.3 Å². The Kier molecular flexibility index (Phi) is 9.82. The van der Waals surface area contributed by atoms with Gasteiger partial charge in [0.1, 0.15) is 18.1 Å². The third kappa shape index (κ3) is 7.44. The lowest BCUT2D eigenvalue weighted by Crippen LogP contribution is -2.59. The quantitative estimate of drug-likeness (QED) is 0.0917. The number of aromatic nitrogens is 4. The standard InChI is InChI=1S/C33H38N8O5/c1-18(2)29(32(44)40-28(33(45)46)13-21-16-35-17-38-21)41-31(43)27(12-20-15-37-26-10-6-4-8-23(20)26)39-30(42)24(34)11-19-14-36-25-9-5-3-7-22(19)25/h3-10,14-18,24,27-29,36-37H,11-13,34H2,1-2H3,(H,35,38)(H,39,42)(H,40,44)(H,41,43)(H,45,46). The van der Waals surface area contributed by atoms with Crippen LogP contribution < -0.4 is 21.7 Å². The highest BCUT2D eigenvalue weighted by molar-refractivity contribution is 5.95. The van der Waals surface area contributed by atoms with Gasteiger partial charge >= 0.3 is 5.97 Å². The predicted molar refractivity (Wildman–Crippen MR) is 173 cm³/mol. The Balaban J connectivity index is 1.34. The molecule has 0 aliphatic rings. The molecule has 0 saturated heterocycles. The number of nitrogens with two attached hydrogens (primary N) is 1. The molecule has 13 heteroatoms. The first-order chi connectivity index (χ1) is 22.1. The Morgan fingerprint density at radius 2 is 1.35 bits per heavy atom. The number of H-pyrrole nitrogens is 3. The molecule has 240 valence electrons. The maximum Gasteiger partial charge on any atom is 0.326 e. The minimum Gasteiger partial charge on any atom is -0.480 e. The number of para-hydroxylation sites is 2. The van der Waals surface area contributed by atoms with Gasteiger partial charge in [-0.05, 0) is 35.6 Å². The number of imidazole rings is 1. The molecule has 3 amide bonds. The largest absolute Gasteiger partial charge is 0.480 e. The smallest absolute Gasteiger partial charge is 0.326 e. The molecule has 0 fully saturated rings. The van der Waals surface area contributed by atoms with Gasteiger partial charge in [-0.2, -0.15) is 0 Å². The van der Waals surface area contributed by atoms with E-state index in [1.807, 2.05) is 54.7 Å². The third-order valence-corrected chi connectivity index (χ3v) is 8.02. The highest BCUT2D eigenvalue weighted by atomic mass is 16.4. The zero-order chi connectivity index (χ0) is 32.8. The summed E-state index contributed by atoms with van der Waals surface area (Å²) in [4.78, 5) is 65.7. The second kappa shape index (κ2) is 14.1. The van der Waals surface area contributed by atoms with Crippen LogP contribution in [0.25, 0.3) is 21.8 Å². The van der Waals surface area contributed by atoms with Gasteiger partial charge in [0.25, 0.3) is 0 Å². The number of nitrogens with one attached hydrogen (secondary N) is 6. The molecule has 0 spiro atoms. The number of carbonyl (C=O) groups is 4. The van der Waals surface area contributed by atoms with Crippen LogP contribution in [0.2, 0.25) is 0 Å². The van der Waals surface area contributed by atoms with Crippen molar-refractivity contribution in [3.05, 3.63) is 90.3 Å².